The van der Waals surface area contributed by atoms with E-state index in [4.69, 9.17) is 14.2 Å². The van der Waals surface area contributed by atoms with Gasteiger partial charge in [-0.25, -0.2) is 4.79 Å². The van der Waals surface area contributed by atoms with Crippen LogP contribution in [0.3, 0.4) is 0 Å². The summed E-state index contributed by atoms with van der Waals surface area (Å²) in [7, 11) is 1.52. The Hall–Kier alpha value is -1.55. The van der Waals surface area contributed by atoms with E-state index in [-0.39, 0.29) is 6.61 Å². The topological polar surface area (TPSA) is 44.8 Å². The monoisotopic (exact) mass is 210 g/mol. The van der Waals surface area contributed by atoms with Gasteiger partial charge in [-0.2, -0.15) is 0 Å². The van der Waals surface area contributed by atoms with Crippen LogP contribution in [0, 0.1) is 0 Å². The average Bonchev–Trinajstić information content (AvgIpc) is 2.27. The van der Waals surface area contributed by atoms with Gasteiger partial charge >= 0.3 is 5.97 Å². The molecule has 0 atom stereocenters. The molecule has 0 saturated heterocycles. The summed E-state index contributed by atoms with van der Waals surface area (Å²) in [5.41, 5.74) is 0. The van der Waals surface area contributed by atoms with E-state index in [0.29, 0.717) is 18.1 Å². The molecule has 1 aromatic rings. The van der Waals surface area contributed by atoms with E-state index in [1.54, 1.807) is 24.3 Å². The Morgan fingerprint density at radius 3 is 2.53 bits per heavy atom. The van der Waals surface area contributed by atoms with Crippen molar-refractivity contribution >= 4 is 5.97 Å². The molecule has 0 bridgehead atoms. The number of ether oxygens (including phenoxy) is 3. The standard InChI is InChI=1S/C11H14O4/c1-3-14-8-11(12)15-10-7-5-4-6-9(10)13-2/h4-7H,3,8H2,1-2H3. The zero-order valence-electron chi connectivity index (χ0n) is 8.86. The van der Waals surface area contributed by atoms with Crippen LogP contribution in [-0.4, -0.2) is 26.3 Å². The molecule has 0 heterocycles. The van der Waals surface area contributed by atoms with E-state index in [1.807, 2.05) is 6.92 Å². The Morgan fingerprint density at radius 2 is 1.93 bits per heavy atom. The molecule has 1 aromatic carbocycles. The largest absolute Gasteiger partial charge is 0.493 e. The van der Waals surface area contributed by atoms with Crippen molar-refractivity contribution in [2.75, 3.05) is 20.3 Å². The molecule has 0 unspecified atom stereocenters. The maximum absolute atomic E-state index is 11.2. The summed E-state index contributed by atoms with van der Waals surface area (Å²) < 4.78 is 15.0. The van der Waals surface area contributed by atoms with E-state index < -0.39 is 5.97 Å². The molecule has 0 amide bonds. The number of carbonyl (C=O) groups is 1. The summed E-state index contributed by atoms with van der Waals surface area (Å²) in [4.78, 5) is 11.2. The molecule has 0 radical (unpaired) electrons. The highest BCUT2D eigenvalue weighted by Crippen LogP contribution is 2.25. The smallest absolute Gasteiger partial charge is 0.337 e. The first-order valence-electron chi connectivity index (χ1n) is 4.69. The fourth-order valence-electron chi connectivity index (χ4n) is 1.04. The predicted molar refractivity (Wildman–Crippen MR) is 55.1 cm³/mol. The molecule has 0 aliphatic rings. The minimum absolute atomic E-state index is 0.0471. The SMILES string of the molecule is CCOCC(=O)Oc1ccccc1OC. The number of carbonyl (C=O) groups excluding carboxylic acids is 1. The number of hydrogen-bond donors (Lipinski definition) is 0. The minimum atomic E-state index is -0.429. The highest BCUT2D eigenvalue weighted by Gasteiger charge is 2.08. The van der Waals surface area contributed by atoms with Gasteiger partial charge in [-0.1, -0.05) is 12.1 Å². The molecule has 4 heteroatoms. The average molecular weight is 210 g/mol. The zero-order valence-corrected chi connectivity index (χ0v) is 8.86. The Kier molecular flexibility index (Phi) is 4.63. The Balaban J connectivity index is 2.59. The van der Waals surface area contributed by atoms with E-state index in [2.05, 4.69) is 0 Å². The third-order valence-corrected chi connectivity index (χ3v) is 1.72. The summed E-state index contributed by atoms with van der Waals surface area (Å²) in [5.74, 6) is 0.508. The number of methoxy groups -OCH3 is 1. The second-order valence-corrected chi connectivity index (χ2v) is 2.76. The van der Waals surface area contributed by atoms with Crippen LogP contribution in [-0.2, 0) is 9.53 Å². The number of esters is 1. The van der Waals surface area contributed by atoms with Gasteiger partial charge < -0.3 is 14.2 Å². The molecule has 82 valence electrons. The van der Waals surface area contributed by atoms with Crippen LogP contribution in [0.1, 0.15) is 6.92 Å². The maximum Gasteiger partial charge on any atom is 0.337 e. The van der Waals surface area contributed by atoms with Gasteiger partial charge in [-0.15, -0.1) is 0 Å². The van der Waals surface area contributed by atoms with Crippen molar-refractivity contribution in [2.45, 2.75) is 6.92 Å². The van der Waals surface area contributed by atoms with Crippen molar-refractivity contribution in [3.05, 3.63) is 24.3 Å². The normalized spacial score (nSPS) is 9.73. The highest BCUT2D eigenvalue weighted by molar-refractivity contribution is 5.74. The summed E-state index contributed by atoms with van der Waals surface area (Å²) in [6, 6.07) is 6.97. The van der Waals surface area contributed by atoms with Crippen LogP contribution in [0.4, 0.5) is 0 Å². The molecule has 1 rings (SSSR count). The van der Waals surface area contributed by atoms with Gasteiger partial charge in [-0.3, -0.25) is 0 Å². The summed E-state index contributed by atoms with van der Waals surface area (Å²) >= 11 is 0. The number of benzene rings is 1. The lowest BCUT2D eigenvalue weighted by molar-refractivity contribution is -0.139. The van der Waals surface area contributed by atoms with Gasteiger partial charge in [0.05, 0.1) is 7.11 Å². The molecular formula is C11H14O4. The number of para-hydroxylation sites is 2. The molecular weight excluding hydrogens is 196 g/mol. The van der Waals surface area contributed by atoms with Gasteiger partial charge in [0.15, 0.2) is 11.5 Å². The number of hydrogen-bond acceptors (Lipinski definition) is 4. The van der Waals surface area contributed by atoms with Gasteiger partial charge in [-0.05, 0) is 19.1 Å². The van der Waals surface area contributed by atoms with E-state index in [0.717, 1.165) is 0 Å². The summed E-state index contributed by atoms with van der Waals surface area (Å²) in [5, 5.41) is 0. The molecule has 4 nitrogen and oxygen atoms in total. The van der Waals surface area contributed by atoms with Gasteiger partial charge in [0.1, 0.15) is 6.61 Å². The Labute approximate surface area is 88.8 Å². The quantitative estimate of drug-likeness (QED) is 0.547. The van der Waals surface area contributed by atoms with Crippen LogP contribution >= 0.6 is 0 Å². The second kappa shape index (κ2) is 6.03. The maximum atomic E-state index is 11.2. The number of rotatable bonds is 5. The molecule has 0 fully saturated rings. The van der Waals surface area contributed by atoms with E-state index >= 15 is 0 Å². The van der Waals surface area contributed by atoms with Crippen LogP contribution in [0.5, 0.6) is 11.5 Å². The minimum Gasteiger partial charge on any atom is -0.493 e. The van der Waals surface area contributed by atoms with Crippen molar-refractivity contribution in [2.24, 2.45) is 0 Å². The Bertz CT molecular complexity index is 322. The van der Waals surface area contributed by atoms with Gasteiger partial charge in [0, 0.05) is 6.61 Å². The predicted octanol–water partition coefficient (Wildman–Crippen LogP) is 1.64. The molecule has 0 spiro atoms. The van der Waals surface area contributed by atoms with Crippen LogP contribution in [0.25, 0.3) is 0 Å². The first-order chi connectivity index (χ1) is 7.27. The fourth-order valence-corrected chi connectivity index (χ4v) is 1.04. The molecule has 0 N–H and O–H groups in total. The van der Waals surface area contributed by atoms with Crippen molar-refractivity contribution in [1.82, 2.24) is 0 Å². The van der Waals surface area contributed by atoms with Crippen molar-refractivity contribution in [1.29, 1.82) is 0 Å². The van der Waals surface area contributed by atoms with Crippen LogP contribution in [0.15, 0.2) is 24.3 Å². The lowest BCUT2D eigenvalue weighted by atomic mass is 10.3. The fraction of sp³-hybridized carbons (Fsp3) is 0.364. The molecule has 0 aromatic heterocycles. The van der Waals surface area contributed by atoms with E-state index in [1.165, 1.54) is 7.11 Å². The molecule has 0 aliphatic carbocycles. The van der Waals surface area contributed by atoms with E-state index in [9.17, 15) is 4.79 Å². The third kappa shape index (κ3) is 3.59. The van der Waals surface area contributed by atoms with Crippen molar-refractivity contribution < 1.29 is 19.0 Å². The lowest BCUT2D eigenvalue weighted by Gasteiger charge is -2.08. The third-order valence-electron chi connectivity index (χ3n) is 1.72. The first kappa shape index (κ1) is 11.5. The summed E-state index contributed by atoms with van der Waals surface area (Å²) in [6.07, 6.45) is 0. The van der Waals surface area contributed by atoms with Crippen LogP contribution < -0.4 is 9.47 Å². The second-order valence-electron chi connectivity index (χ2n) is 2.76. The van der Waals surface area contributed by atoms with Gasteiger partial charge in [0.2, 0.25) is 0 Å². The molecule has 15 heavy (non-hydrogen) atoms. The van der Waals surface area contributed by atoms with Crippen LogP contribution in [0.2, 0.25) is 0 Å². The summed E-state index contributed by atoms with van der Waals surface area (Å²) in [6.45, 7) is 2.26. The zero-order chi connectivity index (χ0) is 11.1. The Morgan fingerprint density at radius 1 is 1.27 bits per heavy atom. The van der Waals surface area contributed by atoms with Crippen molar-refractivity contribution in [3.63, 3.8) is 0 Å². The highest BCUT2D eigenvalue weighted by atomic mass is 16.6. The van der Waals surface area contributed by atoms with Gasteiger partial charge in [0.25, 0.3) is 0 Å². The van der Waals surface area contributed by atoms with Crippen molar-refractivity contribution in [3.8, 4) is 11.5 Å². The first-order valence-corrected chi connectivity index (χ1v) is 4.69. The lowest BCUT2D eigenvalue weighted by Crippen LogP contribution is -2.15. The molecule has 0 saturated carbocycles. The molecule has 0 aliphatic heterocycles.